The average Bonchev–Trinajstić information content (AvgIpc) is 3.34. The van der Waals surface area contributed by atoms with Gasteiger partial charge < -0.3 is 14.2 Å². The Morgan fingerprint density at radius 2 is 0.588 bits per heavy atom. The highest BCUT2D eigenvalue weighted by Gasteiger charge is 2.19. The summed E-state index contributed by atoms with van der Waals surface area (Å²) in [4.78, 5) is 37.9. The maximum absolute atomic E-state index is 12.8. The second kappa shape index (κ2) is 54.9. The lowest BCUT2D eigenvalue weighted by Crippen LogP contribution is -2.30. The van der Waals surface area contributed by atoms with E-state index in [4.69, 9.17) is 14.2 Å². The third-order valence-corrected chi connectivity index (χ3v) is 10.6. The number of carbonyl (C=O) groups is 3. The van der Waals surface area contributed by atoms with Crippen LogP contribution in [0.15, 0.2) is 146 Å². The van der Waals surface area contributed by atoms with E-state index in [1.165, 1.54) is 32.1 Å². The summed E-state index contributed by atoms with van der Waals surface area (Å²) in [6.07, 6.45) is 78.5. The summed E-state index contributed by atoms with van der Waals surface area (Å²) in [5.41, 5.74) is 0. The first-order valence-electron chi connectivity index (χ1n) is 26.8. The zero-order valence-corrected chi connectivity index (χ0v) is 43.3. The van der Waals surface area contributed by atoms with Gasteiger partial charge in [0.2, 0.25) is 0 Å². The van der Waals surface area contributed by atoms with Crippen molar-refractivity contribution in [3.63, 3.8) is 0 Å². The molecule has 0 aliphatic heterocycles. The molecule has 0 saturated carbocycles. The minimum atomic E-state index is -0.823. The van der Waals surface area contributed by atoms with E-state index in [1.807, 2.05) is 0 Å². The van der Waals surface area contributed by atoms with Crippen molar-refractivity contribution in [2.45, 2.75) is 213 Å². The van der Waals surface area contributed by atoms with Crippen LogP contribution in [-0.2, 0) is 28.6 Å². The number of esters is 3. The van der Waals surface area contributed by atoms with Gasteiger partial charge in [-0.2, -0.15) is 0 Å². The van der Waals surface area contributed by atoms with Crippen LogP contribution in [0.2, 0.25) is 0 Å². The molecular formula is C62H96O6. The maximum atomic E-state index is 12.8. The van der Waals surface area contributed by atoms with Crippen LogP contribution in [0.5, 0.6) is 0 Å². The van der Waals surface area contributed by atoms with Crippen LogP contribution >= 0.6 is 0 Å². The molecule has 0 saturated heterocycles. The van der Waals surface area contributed by atoms with Gasteiger partial charge in [0.1, 0.15) is 13.2 Å². The Labute approximate surface area is 417 Å². The molecule has 0 N–H and O–H groups in total. The number of allylic oxidation sites excluding steroid dienone is 24. The molecule has 0 aromatic heterocycles. The second-order valence-corrected chi connectivity index (χ2v) is 17.0. The van der Waals surface area contributed by atoms with Gasteiger partial charge in [-0.3, -0.25) is 14.4 Å². The molecular weight excluding hydrogens is 841 g/mol. The normalized spacial score (nSPS) is 13.3. The molecule has 0 aliphatic carbocycles. The molecule has 68 heavy (non-hydrogen) atoms. The van der Waals surface area contributed by atoms with E-state index < -0.39 is 6.10 Å². The van der Waals surface area contributed by atoms with Crippen LogP contribution in [0.1, 0.15) is 207 Å². The number of unbranched alkanes of at least 4 members (excludes halogenated alkanes) is 11. The number of rotatable bonds is 46. The van der Waals surface area contributed by atoms with Gasteiger partial charge in [0, 0.05) is 19.3 Å². The van der Waals surface area contributed by atoms with Crippen molar-refractivity contribution in [2.75, 3.05) is 13.2 Å². The van der Waals surface area contributed by atoms with E-state index in [0.29, 0.717) is 19.3 Å². The van der Waals surface area contributed by atoms with Gasteiger partial charge in [0.15, 0.2) is 6.10 Å². The molecule has 380 valence electrons. The fourth-order valence-corrected chi connectivity index (χ4v) is 6.63. The van der Waals surface area contributed by atoms with Gasteiger partial charge in [-0.25, -0.2) is 0 Å². The van der Waals surface area contributed by atoms with E-state index >= 15 is 0 Å². The molecule has 1 unspecified atom stereocenters. The Morgan fingerprint density at radius 1 is 0.309 bits per heavy atom. The molecule has 0 bridgehead atoms. The summed E-state index contributed by atoms with van der Waals surface area (Å²) >= 11 is 0. The number of hydrogen-bond acceptors (Lipinski definition) is 6. The zero-order chi connectivity index (χ0) is 49.3. The third-order valence-electron chi connectivity index (χ3n) is 10.6. The SMILES string of the molecule is CC/C=C\C/C=C\C/C=C\C/C=C\C/C=C\C/C=C\C/C=C\CCCC(=O)OCC(COC(=O)CCCCCCCCCC)OC(=O)CCCCC/C=C\C/C=C\C/C=C\C/C=C\C/C=C\CC. The van der Waals surface area contributed by atoms with Crippen molar-refractivity contribution in [1.82, 2.24) is 0 Å². The topological polar surface area (TPSA) is 78.9 Å². The Morgan fingerprint density at radius 3 is 0.956 bits per heavy atom. The Bertz CT molecular complexity index is 1540. The van der Waals surface area contributed by atoms with E-state index in [2.05, 4.69) is 167 Å². The summed E-state index contributed by atoms with van der Waals surface area (Å²) in [5.74, 6) is -1.02. The second-order valence-electron chi connectivity index (χ2n) is 17.0. The molecule has 0 aromatic carbocycles. The summed E-state index contributed by atoms with van der Waals surface area (Å²) in [7, 11) is 0. The largest absolute Gasteiger partial charge is 0.462 e. The quantitative estimate of drug-likeness (QED) is 0.0262. The Hall–Kier alpha value is -4.71. The van der Waals surface area contributed by atoms with Gasteiger partial charge in [-0.1, -0.05) is 218 Å². The Kier molecular flexibility index (Phi) is 51.1. The fraction of sp³-hybridized carbons (Fsp3) is 0.565. The van der Waals surface area contributed by atoms with Gasteiger partial charge in [0.25, 0.3) is 0 Å². The maximum Gasteiger partial charge on any atom is 0.306 e. The standard InChI is InChI=1S/C62H96O6/c1-4-7-10-13-16-19-21-23-25-27-29-30-31-32-34-35-37-39-41-43-46-49-52-55-61(64)67-58-59(57-66-60(63)54-51-48-45-18-15-12-9-6-3)68-62(65)56-53-50-47-44-42-40-38-36-33-28-26-24-22-20-17-14-11-8-5-2/h7-8,10-11,16-17,19-20,23-26,29-30,32-34,36-37,39-40,42-43,46,59H,4-6,9,12-15,18,21-22,27-28,31,35,38,41,44-45,47-58H2,1-3H3/b10-7-,11-8-,19-16-,20-17-,25-23-,26-24-,30-29-,34-32-,36-33-,39-37-,42-40-,46-43-. The minimum Gasteiger partial charge on any atom is -0.462 e. The summed E-state index contributed by atoms with van der Waals surface area (Å²) in [6.45, 7) is 6.28. The predicted molar refractivity (Wildman–Crippen MR) is 292 cm³/mol. The first kappa shape index (κ1) is 63.3. The fourth-order valence-electron chi connectivity index (χ4n) is 6.63. The lowest BCUT2D eigenvalue weighted by Gasteiger charge is -2.18. The number of ether oxygens (including phenoxy) is 3. The highest BCUT2D eigenvalue weighted by molar-refractivity contribution is 5.71. The minimum absolute atomic E-state index is 0.115. The first-order chi connectivity index (χ1) is 33.5. The molecule has 0 fully saturated rings. The van der Waals surface area contributed by atoms with Crippen LogP contribution in [0.4, 0.5) is 0 Å². The van der Waals surface area contributed by atoms with Crippen molar-refractivity contribution in [2.24, 2.45) is 0 Å². The van der Waals surface area contributed by atoms with Gasteiger partial charge in [0.05, 0.1) is 0 Å². The summed E-state index contributed by atoms with van der Waals surface area (Å²) < 4.78 is 16.7. The molecule has 0 spiro atoms. The average molecular weight is 937 g/mol. The lowest BCUT2D eigenvalue weighted by atomic mass is 10.1. The first-order valence-corrected chi connectivity index (χ1v) is 26.8. The molecule has 1 atom stereocenters. The summed E-state index contributed by atoms with van der Waals surface area (Å²) in [5, 5.41) is 0. The molecule has 0 aromatic rings. The molecule has 6 nitrogen and oxygen atoms in total. The van der Waals surface area contributed by atoms with Crippen molar-refractivity contribution in [3.05, 3.63) is 146 Å². The van der Waals surface area contributed by atoms with E-state index in [9.17, 15) is 14.4 Å². The third kappa shape index (κ3) is 52.3. The van der Waals surface area contributed by atoms with Gasteiger partial charge >= 0.3 is 17.9 Å². The zero-order valence-electron chi connectivity index (χ0n) is 43.3. The van der Waals surface area contributed by atoms with Crippen LogP contribution in [0.25, 0.3) is 0 Å². The van der Waals surface area contributed by atoms with Gasteiger partial charge in [-0.15, -0.1) is 0 Å². The van der Waals surface area contributed by atoms with Crippen molar-refractivity contribution >= 4 is 17.9 Å². The van der Waals surface area contributed by atoms with Gasteiger partial charge in [-0.05, 0) is 116 Å². The van der Waals surface area contributed by atoms with Crippen molar-refractivity contribution < 1.29 is 28.6 Å². The van der Waals surface area contributed by atoms with E-state index in [1.54, 1.807) is 0 Å². The molecule has 0 aliphatic rings. The van der Waals surface area contributed by atoms with E-state index in [-0.39, 0.29) is 44.0 Å². The molecule has 0 heterocycles. The highest BCUT2D eigenvalue weighted by atomic mass is 16.6. The predicted octanol–water partition coefficient (Wildman–Crippen LogP) is 18.0. The number of carbonyl (C=O) groups excluding carboxylic acids is 3. The van der Waals surface area contributed by atoms with Crippen LogP contribution < -0.4 is 0 Å². The van der Waals surface area contributed by atoms with Crippen molar-refractivity contribution in [1.29, 1.82) is 0 Å². The van der Waals surface area contributed by atoms with Crippen LogP contribution in [0, 0.1) is 0 Å². The lowest BCUT2D eigenvalue weighted by molar-refractivity contribution is -0.167. The molecule has 0 rings (SSSR count). The summed E-state index contributed by atoms with van der Waals surface area (Å²) in [6, 6.07) is 0. The number of hydrogen-bond donors (Lipinski definition) is 0. The smallest absolute Gasteiger partial charge is 0.306 e. The highest BCUT2D eigenvalue weighted by Crippen LogP contribution is 2.12. The molecule has 6 heteroatoms. The van der Waals surface area contributed by atoms with Crippen LogP contribution in [-0.4, -0.2) is 37.2 Å². The monoisotopic (exact) mass is 937 g/mol. The van der Waals surface area contributed by atoms with E-state index in [0.717, 1.165) is 122 Å². The Balaban J connectivity index is 4.47. The van der Waals surface area contributed by atoms with Crippen molar-refractivity contribution in [3.8, 4) is 0 Å². The molecule has 0 radical (unpaired) electrons. The van der Waals surface area contributed by atoms with Crippen LogP contribution in [0.3, 0.4) is 0 Å². The molecule has 0 amide bonds.